The third-order valence-corrected chi connectivity index (χ3v) is 4.68. The Labute approximate surface area is 117 Å². The second-order valence-electron chi connectivity index (χ2n) is 3.65. The minimum Gasteiger partial charge on any atom is -0.337 e. The highest BCUT2D eigenvalue weighted by molar-refractivity contribution is 9.10. The van der Waals surface area contributed by atoms with E-state index < -0.39 is 5.82 Å². The van der Waals surface area contributed by atoms with Crippen molar-refractivity contribution in [1.82, 2.24) is 4.90 Å². The molecule has 1 aromatic rings. The number of nitrogens with zero attached hydrogens (tertiary/aromatic N) is 1. The van der Waals surface area contributed by atoms with Crippen LogP contribution < -0.4 is 0 Å². The Balaban J connectivity index is 2.26. The van der Waals surface area contributed by atoms with Gasteiger partial charge >= 0.3 is 0 Å². The third kappa shape index (κ3) is 2.95. The van der Waals surface area contributed by atoms with Crippen molar-refractivity contribution in [2.45, 2.75) is 0 Å². The first-order chi connectivity index (χ1) is 8.09. The molecule has 0 aliphatic carbocycles. The smallest absolute Gasteiger partial charge is 0.256 e. The summed E-state index contributed by atoms with van der Waals surface area (Å²) in [7, 11) is 0. The molecule has 1 aliphatic rings. The van der Waals surface area contributed by atoms with Gasteiger partial charge in [0.25, 0.3) is 5.91 Å². The van der Waals surface area contributed by atoms with Crippen LogP contribution in [0, 0.1) is 5.82 Å². The normalized spacial score (nSPS) is 16.1. The highest BCUT2D eigenvalue weighted by Crippen LogP contribution is 2.26. The van der Waals surface area contributed by atoms with Crippen molar-refractivity contribution in [3.8, 4) is 0 Å². The van der Waals surface area contributed by atoms with Crippen LogP contribution in [0.2, 0.25) is 5.02 Å². The monoisotopic (exact) mass is 337 g/mol. The van der Waals surface area contributed by atoms with Gasteiger partial charge < -0.3 is 4.90 Å². The van der Waals surface area contributed by atoms with Gasteiger partial charge in [-0.1, -0.05) is 11.6 Å². The van der Waals surface area contributed by atoms with Crippen molar-refractivity contribution >= 4 is 45.2 Å². The Morgan fingerprint density at radius 2 is 2.06 bits per heavy atom. The highest BCUT2D eigenvalue weighted by atomic mass is 79.9. The molecule has 2 nitrogen and oxygen atoms in total. The molecule has 1 aliphatic heterocycles. The van der Waals surface area contributed by atoms with Crippen LogP contribution in [0.25, 0.3) is 0 Å². The number of thioether (sulfide) groups is 1. The maximum Gasteiger partial charge on any atom is 0.256 e. The van der Waals surface area contributed by atoms with Gasteiger partial charge in [0.15, 0.2) is 0 Å². The number of carbonyl (C=O) groups is 1. The largest absolute Gasteiger partial charge is 0.337 e. The zero-order valence-corrected chi connectivity index (χ0v) is 12.0. The Hall–Kier alpha value is -0.260. The summed E-state index contributed by atoms with van der Waals surface area (Å²) in [6, 6.07) is 2.61. The van der Waals surface area contributed by atoms with E-state index in [1.165, 1.54) is 6.07 Å². The molecule has 0 N–H and O–H groups in total. The topological polar surface area (TPSA) is 20.3 Å². The fourth-order valence-electron chi connectivity index (χ4n) is 1.62. The summed E-state index contributed by atoms with van der Waals surface area (Å²) >= 11 is 10.8. The van der Waals surface area contributed by atoms with Crippen molar-refractivity contribution in [2.75, 3.05) is 24.6 Å². The molecule has 0 atom stereocenters. The number of rotatable bonds is 1. The second-order valence-corrected chi connectivity index (χ2v) is 6.14. The maximum atomic E-state index is 13.7. The van der Waals surface area contributed by atoms with E-state index in [-0.39, 0.29) is 16.5 Å². The summed E-state index contributed by atoms with van der Waals surface area (Å²) in [6.45, 7) is 1.34. The summed E-state index contributed by atoms with van der Waals surface area (Å²) in [5.74, 6) is 0.978. The molecule has 0 unspecified atom stereocenters. The van der Waals surface area contributed by atoms with Crippen LogP contribution in [-0.2, 0) is 0 Å². The summed E-state index contributed by atoms with van der Waals surface area (Å²) in [6.07, 6.45) is 0. The molecule has 1 heterocycles. The van der Waals surface area contributed by atoms with Crippen LogP contribution in [0.1, 0.15) is 10.4 Å². The van der Waals surface area contributed by atoms with Crippen molar-refractivity contribution in [2.24, 2.45) is 0 Å². The van der Waals surface area contributed by atoms with Crippen LogP contribution in [0.4, 0.5) is 4.39 Å². The Kier molecular flexibility index (Phi) is 4.33. The van der Waals surface area contributed by atoms with Crippen LogP contribution in [-0.4, -0.2) is 35.4 Å². The lowest BCUT2D eigenvalue weighted by molar-refractivity contribution is 0.0767. The average molecular weight is 339 g/mol. The van der Waals surface area contributed by atoms with E-state index in [9.17, 15) is 9.18 Å². The molecular weight excluding hydrogens is 329 g/mol. The van der Waals surface area contributed by atoms with Gasteiger partial charge in [-0.25, -0.2) is 4.39 Å². The molecule has 0 saturated carbocycles. The Morgan fingerprint density at radius 1 is 1.41 bits per heavy atom. The summed E-state index contributed by atoms with van der Waals surface area (Å²) in [5, 5.41) is 0.272. The van der Waals surface area contributed by atoms with Gasteiger partial charge in [0.05, 0.1) is 10.6 Å². The van der Waals surface area contributed by atoms with Gasteiger partial charge in [0, 0.05) is 29.1 Å². The number of hydrogen-bond acceptors (Lipinski definition) is 2. The number of amides is 1. The quantitative estimate of drug-likeness (QED) is 0.731. The lowest BCUT2D eigenvalue weighted by Gasteiger charge is -2.26. The lowest BCUT2D eigenvalue weighted by atomic mass is 10.2. The first-order valence-corrected chi connectivity index (χ1v) is 7.43. The van der Waals surface area contributed by atoms with Crippen molar-refractivity contribution in [3.05, 3.63) is 33.0 Å². The van der Waals surface area contributed by atoms with Gasteiger partial charge in [-0.05, 0) is 28.1 Å². The van der Waals surface area contributed by atoms with E-state index in [4.69, 9.17) is 11.6 Å². The third-order valence-electron chi connectivity index (χ3n) is 2.54. The molecule has 1 amide bonds. The molecule has 2 rings (SSSR count). The Morgan fingerprint density at radius 3 is 2.71 bits per heavy atom. The Bertz CT molecular complexity index is 451. The summed E-state index contributed by atoms with van der Waals surface area (Å²) < 4.78 is 14.2. The highest BCUT2D eigenvalue weighted by Gasteiger charge is 2.22. The summed E-state index contributed by atoms with van der Waals surface area (Å²) in [5.41, 5.74) is 0.0770. The fraction of sp³-hybridized carbons (Fsp3) is 0.364. The standard InChI is InChI=1S/C11H10BrClFNOS/c12-8-5-7(10(14)6-9(8)13)11(16)15-1-3-17-4-2-15/h5-6H,1-4H2. The van der Waals surface area contributed by atoms with Crippen LogP contribution in [0.15, 0.2) is 16.6 Å². The van der Waals surface area contributed by atoms with Crippen LogP contribution in [0.5, 0.6) is 0 Å². The van der Waals surface area contributed by atoms with Gasteiger partial charge in [-0.15, -0.1) is 0 Å². The summed E-state index contributed by atoms with van der Waals surface area (Å²) in [4.78, 5) is 13.8. The molecule has 6 heteroatoms. The lowest BCUT2D eigenvalue weighted by Crippen LogP contribution is -2.38. The van der Waals surface area contributed by atoms with E-state index in [2.05, 4.69) is 15.9 Å². The van der Waals surface area contributed by atoms with Crippen molar-refractivity contribution in [1.29, 1.82) is 0 Å². The molecule has 17 heavy (non-hydrogen) atoms. The van der Waals surface area contributed by atoms with E-state index in [1.807, 2.05) is 0 Å². The van der Waals surface area contributed by atoms with Gasteiger partial charge in [-0.3, -0.25) is 4.79 Å². The van der Waals surface area contributed by atoms with Crippen LogP contribution in [0.3, 0.4) is 0 Å². The molecule has 0 radical (unpaired) electrons. The number of carbonyl (C=O) groups excluding carboxylic acids is 1. The molecule has 0 bridgehead atoms. The average Bonchev–Trinajstić information content (AvgIpc) is 2.34. The SMILES string of the molecule is O=C(c1cc(Br)c(Cl)cc1F)N1CCSCC1. The minimum atomic E-state index is -0.568. The zero-order chi connectivity index (χ0) is 12.4. The predicted octanol–water partition coefficient (Wildman–Crippen LogP) is 3.43. The van der Waals surface area contributed by atoms with Gasteiger partial charge in [0.2, 0.25) is 0 Å². The molecule has 1 saturated heterocycles. The molecule has 92 valence electrons. The van der Waals surface area contributed by atoms with Gasteiger partial charge in [0.1, 0.15) is 5.82 Å². The molecule has 1 fully saturated rings. The van der Waals surface area contributed by atoms with E-state index in [1.54, 1.807) is 16.7 Å². The minimum absolute atomic E-state index is 0.0770. The first-order valence-electron chi connectivity index (χ1n) is 5.11. The number of halogens is 3. The molecule has 1 aromatic carbocycles. The van der Waals surface area contributed by atoms with Crippen molar-refractivity contribution < 1.29 is 9.18 Å². The fourth-order valence-corrected chi connectivity index (χ4v) is 3.02. The predicted molar refractivity (Wildman–Crippen MR) is 72.3 cm³/mol. The zero-order valence-electron chi connectivity index (χ0n) is 8.88. The van der Waals surface area contributed by atoms with Crippen molar-refractivity contribution in [3.63, 3.8) is 0 Å². The number of benzene rings is 1. The maximum absolute atomic E-state index is 13.7. The second kappa shape index (κ2) is 5.59. The number of hydrogen-bond donors (Lipinski definition) is 0. The molecular formula is C11H10BrClFNOS. The first kappa shape index (κ1) is 13.2. The molecule has 0 aromatic heterocycles. The van der Waals surface area contributed by atoms with Crippen LogP contribution >= 0.6 is 39.3 Å². The van der Waals surface area contributed by atoms with E-state index in [0.29, 0.717) is 17.6 Å². The molecule has 0 spiro atoms. The van der Waals surface area contributed by atoms with E-state index >= 15 is 0 Å². The van der Waals surface area contributed by atoms with E-state index in [0.717, 1.165) is 17.6 Å². The van der Waals surface area contributed by atoms with Gasteiger partial charge in [-0.2, -0.15) is 11.8 Å².